The first-order valence-electron chi connectivity index (χ1n) is 4.40. The molecule has 0 N–H and O–H groups in total. The SMILES string of the molecule is C/[N+]([O-])=C1/CO[C@H]2[C@@H]1OC[C@H]2O[N+](=O)[O-]. The van der Waals surface area contributed by atoms with Crippen LogP contribution in [0.1, 0.15) is 0 Å². The minimum Gasteiger partial charge on any atom is -0.624 e. The van der Waals surface area contributed by atoms with Gasteiger partial charge in [0.15, 0.2) is 12.2 Å². The van der Waals surface area contributed by atoms with Gasteiger partial charge in [0.2, 0.25) is 5.71 Å². The average molecular weight is 218 g/mol. The second-order valence-electron chi connectivity index (χ2n) is 3.39. The van der Waals surface area contributed by atoms with Crippen molar-refractivity contribution >= 4 is 5.71 Å². The van der Waals surface area contributed by atoms with Gasteiger partial charge < -0.3 is 19.5 Å². The number of hydroxylamine groups is 1. The van der Waals surface area contributed by atoms with E-state index in [-0.39, 0.29) is 13.2 Å². The molecule has 2 rings (SSSR count). The van der Waals surface area contributed by atoms with Crippen LogP contribution in [-0.2, 0) is 14.3 Å². The van der Waals surface area contributed by atoms with E-state index < -0.39 is 23.4 Å². The van der Waals surface area contributed by atoms with Gasteiger partial charge in [0.05, 0.1) is 6.61 Å². The lowest BCUT2D eigenvalue weighted by Gasteiger charge is -2.11. The largest absolute Gasteiger partial charge is 0.624 e. The molecule has 0 amide bonds. The molecule has 0 unspecified atom stereocenters. The summed E-state index contributed by atoms with van der Waals surface area (Å²) in [5.74, 6) is 0. The van der Waals surface area contributed by atoms with E-state index >= 15 is 0 Å². The maximum Gasteiger partial charge on any atom is 0.294 e. The van der Waals surface area contributed by atoms with E-state index in [2.05, 4.69) is 4.84 Å². The molecule has 0 radical (unpaired) electrons. The van der Waals surface area contributed by atoms with Crippen LogP contribution in [0.3, 0.4) is 0 Å². The van der Waals surface area contributed by atoms with Crippen LogP contribution >= 0.6 is 0 Å². The lowest BCUT2D eigenvalue weighted by atomic mass is 10.1. The number of rotatable bonds is 2. The van der Waals surface area contributed by atoms with Crippen molar-refractivity contribution in [3.05, 3.63) is 15.3 Å². The van der Waals surface area contributed by atoms with Gasteiger partial charge in [-0.3, -0.25) is 0 Å². The van der Waals surface area contributed by atoms with Gasteiger partial charge in [-0.15, -0.1) is 10.1 Å². The molecule has 0 bridgehead atoms. The Kier molecular flexibility index (Phi) is 2.45. The quantitative estimate of drug-likeness (QED) is 0.254. The Morgan fingerprint density at radius 2 is 2.20 bits per heavy atom. The van der Waals surface area contributed by atoms with E-state index in [4.69, 9.17) is 9.47 Å². The molecule has 2 fully saturated rings. The van der Waals surface area contributed by atoms with E-state index in [1.165, 1.54) is 7.05 Å². The summed E-state index contributed by atoms with van der Waals surface area (Å²) in [6.07, 6.45) is -1.82. The molecule has 0 spiro atoms. The van der Waals surface area contributed by atoms with E-state index in [1.807, 2.05) is 0 Å². The van der Waals surface area contributed by atoms with E-state index in [9.17, 15) is 15.3 Å². The van der Waals surface area contributed by atoms with Gasteiger partial charge in [0.25, 0.3) is 5.09 Å². The summed E-state index contributed by atoms with van der Waals surface area (Å²) < 4.78 is 11.1. The van der Waals surface area contributed by atoms with Crippen molar-refractivity contribution in [2.75, 3.05) is 20.3 Å². The number of fused-ring (bicyclic) bond motifs is 1. The van der Waals surface area contributed by atoms with Gasteiger partial charge in [-0.1, -0.05) is 0 Å². The molecule has 84 valence electrons. The molecule has 3 atom stereocenters. The molecule has 0 aliphatic carbocycles. The Morgan fingerprint density at radius 1 is 1.47 bits per heavy atom. The molecule has 2 aliphatic rings. The molecule has 0 aromatic carbocycles. The Bertz CT molecular complexity index is 313. The Morgan fingerprint density at radius 3 is 2.80 bits per heavy atom. The van der Waals surface area contributed by atoms with Crippen LogP contribution in [0.4, 0.5) is 0 Å². The topological polar surface area (TPSA) is 96.9 Å². The highest BCUT2D eigenvalue weighted by Gasteiger charge is 2.50. The molecule has 2 aliphatic heterocycles. The second kappa shape index (κ2) is 3.63. The average Bonchev–Trinajstić information content (AvgIpc) is 2.66. The first-order chi connectivity index (χ1) is 7.09. The third kappa shape index (κ3) is 1.73. The molecule has 8 nitrogen and oxygen atoms in total. The molecule has 8 heteroatoms. The van der Waals surface area contributed by atoms with Crippen molar-refractivity contribution in [2.24, 2.45) is 0 Å². The zero-order chi connectivity index (χ0) is 11.0. The fourth-order valence-electron chi connectivity index (χ4n) is 1.80. The van der Waals surface area contributed by atoms with Crippen LogP contribution in [0.15, 0.2) is 0 Å². The monoisotopic (exact) mass is 218 g/mol. The highest BCUT2D eigenvalue weighted by atomic mass is 17.0. The van der Waals surface area contributed by atoms with Crippen molar-refractivity contribution in [3.8, 4) is 0 Å². The number of hydrogen-bond donors (Lipinski definition) is 0. The Hall–Kier alpha value is -1.41. The fraction of sp³-hybridized carbons (Fsp3) is 0.857. The summed E-state index contributed by atoms with van der Waals surface area (Å²) >= 11 is 0. The number of ether oxygens (including phenoxy) is 2. The zero-order valence-electron chi connectivity index (χ0n) is 7.99. The molecule has 0 aromatic rings. The minimum absolute atomic E-state index is 0.0631. The molecule has 15 heavy (non-hydrogen) atoms. The van der Waals surface area contributed by atoms with E-state index in [0.29, 0.717) is 10.5 Å². The van der Waals surface area contributed by atoms with Crippen LogP contribution in [0.5, 0.6) is 0 Å². The first kappa shape index (κ1) is 10.1. The first-order valence-corrected chi connectivity index (χ1v) is 4.40. The van der Waals surface area contributed by atoms with Crippen molar-refractivity contribution < 1.29 is 24.1 Å². The van der Waals surface area contributed by atoms with Gasteiger partial charge >= 0.3 is 0 Å². The molecule has 0 saturated carbocycles. The fourth-order valence-corrected chi connectivity index (χ4v) is 1.80. The van der Waals surface area contributed by atoms with Crippen molar-refractivity contribution in [3.63, 3.8) is 0 Å². The van der Waals surface area contributed by atoms with Crippen LogP contribution in [-0.4, -0.2) is 54.1 Å². The highest BCUT2D eigenvalue weighted by Crippen LogP contribution is 2.26. The van der Waals surface area contributed by atoms with Gasteiger partial charge in [-0.2, -0.15) is 0 Å². The molecule has 2 saturated heterocycles. The van der Waals surface area contributed by atoms with Gasteiger partial charge in [0.1, 0.15) is 19.8 Å². The summed E-state index contributed by atoms with van der Waals surface area (Å²) in [6.45, 7) is 0.195. The maximum atomic E-state index is 11.1. The third-order valence-electron chi connectivity index (χ3n) is 2.48. The number of hydrogen-bond acceptors (Lipinski definition) is 6. The van der Waals surface area contributed by atoms with Crippen LogP contribution in [0, 0.1) is 15.3 Å². The summed E-state index contributed by atoms with van der Waals surface area (Å²) in [7, 11) is 1.34. The standard InChI is InChI=1S/C7H10N2O6/c1-8(10)4-2-13-7-5(15-9(11)12)3-14-6(4)7/h5-7H,2-3H2,1H3/b8-4+/t5-,6-,7-/m1/s1. The second-order valence-corrected chi connectivity index (χ2v) is 3.39. The molecular formula is C7H10N2O6. The molecule has 2 heterocycles. The highest BCUT2D eigenvalue weighted by molar-refractivity contribution is 5.88. The summed E-state index contributed by atoms with van der Waals surface area (Å²) in [5, 5.41) is 20.3. The van der Waals surface area contributed by atoms with Gasteiger partial charge in [-0.25, -0.2) is 4.74 Å². The predicted octanol–water partition coefficient (Wildman–Crippen LogP) is -1.06. The lowest BCUT2D eigenvalue weighted by molar-refractivity contribution is -0.769. The Labute approximate surface area is 84.7 Å². The molecular weight excluding hydrogens is 208 g/mol. The minimum atomic E-state index is -0.876. The van der Waals surface area contributed by atoms with Crippen molar-refractivity contribution in [1.82, 2.24) is 0 Å². The smallest absolute Gasteiger partial charge is 0.294 e. The Balaban J connectivity index is 2.09. The van der Waals surface area contributed by atoms with Gasteiger partial charge in [0, 0.05) is 0 Å². The molecule has 0 aromatic heterocycles. The number of nitrogens with zero attached hydrogens (tertiary/aromatic N) is 2. The van der Waals surface area contributed by atoms with E-state index in [0.717, 1.165) is 0 Å². The summed E-state index contributed by atoms with van der Waals surface area (Å²) in [4.78, 5) is 14.5. The maximum absolute atomic E-state index is 11.1. The van der Waals surface area contributed by atoms with Crippen LogP contribution < -0.4 is 0 Å². The van der Waals surface area contributed by atoms with Crippen LogP contribution in [0.25, 0.3) is 0 Å². The normalized spacial score (nSPS) is 37.5. The van der Waals surface area contributed by atoms with Crippen molar-refractivity contribution in [2.45, 2.75) is 18.3 Å². The van der Waals surface area contributed by atoms with Crippen molar-refractivity contribution in [1.29, 1.82) is 0 Å². The lowest BCUT2D eigenvalue weighted by Crippen LogP contribution is -2.34. The summed E-state index contributed by atoms with van der Waals surface area (Å²) in [5.41, 5.74) is 0.439. The van der Waals surface area contributed by atoms with E-state index in [1.54, 1.807) is 0 Å². The zero-order valence-corrected chi connectivity index (χ0v) is 7.99. The third-order valence-corrected chi connectivity index (χ3v) is 2.48. The predicted molar refractivity (Wildman–Crippen MR) is 45.9 cm³/mol. The summed E-state index contributed by atoms with van der Waals surface area (Å²) in [6, 6.07) is 0. The van der Waals surface area contributed by atoms with Gasteiger partial charge in [-0.05, 0) is 0 Å². The van der Waals surface area contributed by atoms with Crippen LogP contribution in [0.2, 0.25) is 0 Å².